The smallest absolute Gasteiger partial charge is 0.231 e. The van der Waals surface area contributed by atoms with Gasteiger partial charge in [-0.1, -0.05) is 0 Å². The maximum Gasteiger partial charge on any atom is 0.231 e. The number of benzene rings is 1. The molecule has 1 N–H and O–H groups in total. The summed E-state index contributed by atoms with van der Waals surface area (Å²) in [6.07, 6.45) is 1.81. The molecule has 5 heteroatoms. The van der Waals surface area contributed by atoms with Gasteiger partial charge in [-0.05, 0) is 52.9 Å². The minimum atomic E-state index is 0.208. The molecule has 0 spiro atoms. The van der Waals surface area contributed by atoms with Crippen LogP contribution in [-0.4, -0.2) is 11.8 Å². The number of pyridine rings is 1. The molecule has 1 aromatic carbocycles. The van der Waals surface area contributed by atoms with E-state index in [9.17, 15) is 0 Å². The Morgan fingerprint density at radius 3 is 2.90 bits per heavy atom. The zero-order chi connectivity index (χ0) is 14.2. The number of ether oxygens (including phenoxy) is 2. The predicted molar refractivity (Wildman–Crippen MR) is 84.2 cm³/mol. The maximum atomic E-state index is 5.46. The summed E-state index contributed by atoms with van der Waals surface area (Å²) in [5.41, 5.74) is 1.26. The zero-order valence-corrected chi connectivity index (χ0v) is 12.3. The summed E-state index contributed by atoms with van der Waals surface area (Å²) in [4.78, 5) is 4.48. The van der Waals surface area contributed by atoms with Crippen LogP contribution < -0.4 is 14.8 Å². The quantitative estimate of drug-likeness (QED) is 0.787. The zero-order valence-electron chi connectivity index (χ0n) is 11.5. The van der Waals surface area contributed by atoms with E-state index in [2.05, 4.69) is 34.1 Å². The molecule has 0 amide bonds. The highest BCUT2D eigenvalue weighted by Crippen LogP contribution is 2.38. The third-order valence-electron chi connectivity index (χ3n) is 3.65. The van der Waals surface area contributed by atoms with Gasteiger partial charge in [0, 0.05) is 11.6 Å². The molecule has 1 atom stereocenters. The van der Waals surface area contributed by atoms with Crippen molar-refractivity contribution in [1.29, 1.82) is 0 Å². The second kappa shape index (κ2) is 4.93. The van der Waals surface area contributed by atoms with Gasteiger partial charge in [0.25, 0.3) is 0 Å². The lowest BCUT2D eigenvalue weighted by Crippen LogP contribution is -2.07. The topological polar surface area (TPSA) is 43.4 Å². The molecular formula is C16H14N2O2S. The molecule has 1 aliphatic heterocycles. The van der Waals surface area contributed by atoms with Gasteiger partial charge in [0.15, 0.2) is 11.5 Å². The van der Waals surface area contributed by atoms with Crippen LogP contribution in [0.3, 0.4) is 0 Å². The van der Waals surface area contributed by atoms with E-state index in [-0.39, 0.29) is 12.8 Å². The molecular weight excluding hydrogens is 284 g/mol. The summed E-state index contributed by atoms with van der Waals surface area (Å²) in [6.45, 7) is 2.42. The van der Waals surface area contributed by atoms with Crippen LogP contribution in [-0.2, 0) is 0 Å². The van der Waals surface area contributed by atoms with E-state index in [0.29, 0.717) is 0 Å². The van der Waals surface area contributed by atoms with Crippen LogP contribution in [0, 0.1) is 0 Å². The molecule has 0 saturated heterocycles. The number of hydrogen-bond acceptors (Lipinski definition) is 5. The Hall–Kier alpha value is -2.27. The molecule has 1 unspecified atom stereocenters. The van der Waals surface area contributed by atoms with Crippen molar-refractivity contribution in [2.24, 2.45) is 0 Å². The lowest BCUT2D eigenvalue weighted by atomic mass is 10.1. The Labute approximate surface area is 126 Å². The average molecular weight is 298 g/mol. The lowest BCUT2D eigenvalue weighted by molar-refractivity contribution is 0.174. The predicted octanol–water partition coefficient (Wildman–Crippen LogP) is 4.20. The summed E-state index contributed by atoms with van der Waals surface area (Å²) in [5, 5.41) is 9.85. The molecule has 3 aromatic rings. The minimum absolute atomic E-state index is 0.208. The first-order chi connectivity index (χ1) is 10.3. The number of fused-ring (bicyclic) bond motifs is 2. The number of rotatable bonds is 3. The van der Waals surface area contributed by atoms with Crippen LogP contribution in [0.4, 0.5) is 5.82 Å². The summed E-state index contributed by atoms with van der Waals surface area (Å²) >= 11 is 1.70. The molecule has 0 saturated carbocycles. The number of thiophene rings is 1. The van der Waals surface area contributed by atoms with Gasteiger partial charge in [0.05, 0.1) is 6.04 Å². The van der Waals surface area contributed by atoms with Crippen molar-refractivity contribution in [3.8, 4) is 11.5 Å². The molecule has 3 heterocycles. The first-order valence-electron chi connectivity index (χ1n) is 6.78. The highest BCUT2D eigenvalue weighted by molar-refractivity contribution is 7.08. The van der Waals surface area contributed by atoms with E-state index in [0.717, 1.165) is 28.1 Å². The van der Waals surface area contributed by atoms with Crippen molar-refractivity contribution in [1.82, 2.24) is 4.98 Å². The molecule has 1 aliphatic rings. The second-order valence-corrected chi connectivity index (χ2v) is 5.79. The highest BCUT2D eigenvalue weighted by Gasteiger charge is 2.16. The Morgan fingerprint density at radius 1 is 1.24 bits per heavy atom. The summed E-state index contributed by atoms with van der Waals surface area (Å²) in [6, 6.07) is 8.31. The standard InChI is InChI=1S/C16H14N2O2S/c1-10(12-3-5-21-8-12)18-16-13-7-15-14(19-9-20-15)6-11(13)2-4-17-16/h2-8,10H,9H2,1H3,(H,17,18). The van der Waals surface area contributed by atoms with E-state index >= 15 is 0 Å². The molecule has 106 valence electrons. The monoisotopic (exact) mass is 298 g/mol. The number of hydrogen-bond donors (Lipinski definition) is 1. The Bertz CT molecular complexity index is 786. The fraction of sp³-hybridized carbons (Fsp3) is 0.188. The molecule has 4 rings (SSSR count). The van der Waals surface area contributed by atoms with Crippen molar-refractivity contribution in [2.75, 3.05) is 12.1 Å². The summed E-state index contributed by atoms with van der Waals surface area (Å²) in [7, 11) is 0. The summed E-state index contributed by atoms with van der Waals surface area (Å²) < 4.78 is 10.9. The van der Waals surface area contributed by atoms with Gasteiger partial charge >= 0.3 is 0 Å². The van der Waals surface area contributed by atoms with Crippen molar-refractivity contribution in [2.45, 2.75) is 13.0 Å². The van der Waals surface area contributed by atoms with Crippen molar-refractivity contribution < 1.29 is 9.47 Å². The van der Waals surface area contributed by atoms with Gasteiger partial charge in [-0.15, -0.1) is 0 Å². The van der Waals surface area contributed by atoms with Gasteiger partial charge < -0.3 is 14.8 Å². The van der Waals surface area contributed by atoms with Crippen LogP contribution in [0.15, 0.2) is 41.2 Å². The van der Waals surface area contributed by atoms with E-state index in [1.165, 1.54) is 5.56 Å². The lowest BCUT2D eigenvalue weighted by Gasteiger charge is -2.15. The van der Waals surface area contributed by atoms with Crippen LogP contribution in [0.5, 0.6) is 11.5 Å². The average Bonchev–Trinajstić information content (AvgIpc) is 3.16. The van der Waals surface area contributed by atoms with Gasteiger partial charge in [-0.25, -0.2) is 4.98 Å². The van der Waals surface area contributed by atoms with Gasteiger partial charge in [-0.2, -0.15) is 11.3 Å². The maximum absolute atomic E-state index is 5.46. The fourth-order valence-electron chi connectivity index (χ4n) is 2.49. The molecule has 0 fully saturated rings. The Balaban J connectivity index is 1.75. The van der Waals surface area contributed by atoms with Crippen molar-refractivity contribution in [3.63, 3.8) is 0 Å². The molecule has 0 aliphatic carbocycles. The molecule has 0 radical (unpaired) electrons. The molecule has 2 aromatic heterocycles. The van der Waals surface area contributed by atoms with Gasteiger partial charge in [0.1, 0.15) is 5.82 Å². The molecule has 4 nitrogen and oxygen atoms in total. The van der Waals surface area contributed by atoms with E-state index in [1.54, 1.807) is 11.3 Å². The van der Waals surface area contributed by atoms with E-state index in [4.69, 9.17) is 9.47 Å². The third-order valence-corrected chi connectivity index (χ3v) is 4.36. The van der Waals surface area contributed by atoms with Crippen molar-refractivity contribution in [3.05, 3.63) is 46.8 Å². The van der Waals surface area contributed by atoms with E-state index in [1.807, 2.05) is 24.4 Å². The fourth-order valence-corrected chi connectivity index (χ4v) is 3.24. The Kier molecular flexibility index (Phi) is 2.93. The van der Waals surface area contributed by atoms with Crippen molar-refractivity contribution >= 4 is 27.9 Å². The highest BCUT2D eigenvalue weighted by atomic mass is 32.1. The van der Waals surface area contributed by atoms with Gasteiger partial charge in [0.2, 0.25) is 6.79 Å². The molecule has 21 heavy (non-hydrogen) atoms. The normalized spacial score (nSPS) is 14.3. The molecule has 0 bridgehead atoms. The third kappa shape index (κ3) is 2.19. The van der Waals surface area contributed by atoms with Crippen LogP contribution >= 0.6 is 11.3 Å². The first-order valence-corrected chi connectivity index (χ1v) is 7.72. The van der Waals surface area contributed by atoms with Crippen LogP contribution in [0.25, 0.3) is 10.8 Å². The number of aromatic nitrogens is 1. The SMILES string of the molecule is CC(Nc1nccc2cc3c(cc12)OCO3)c1ccsc1. The number of nitrogens with one attached hydrogen (secondary N) is 1. The van der Waals surface area contributed by atoms with Gasteiger partial charge in [-0.3, -0.25) is 0 Å². The largest absolute Gasteiger partial charge is 0.454 e. The Morgan fingerprint density at radius 2 is 2.10 bits per heavy atom. The number of nitrogens with zero attached hydrogens (tertiary/aromatic N) is 1. The van der Waals surface area contributed by atoms with Crippen LogP contribution in [0.1, 0.15) is 18.5 Å². The van der Waals surface area contributed by atoms with E-state index < -0.39 is 0 Å². The second-order valence-electron chi connectivity index (χ2n) is 5.01. The minimum Gasteiger partial charge on any atom is -0.454 e. The number of anilines is 1. The first kappa shape index (κ1) is 12.5. The van der Waals surface area contributed by atoms with Crippen LogP contribution in [0.2, 0.25) is 0 Å². The summed E-state index contributed by atoms with van der Waals surface area (Å²) in [5.74, 6) is 2.44.